The molecule has 0 rings (SSSR count). The molecule has 0 bridgehead atoms. The Hall–Kier alpha value is -0.700. The predicted molar refractivity (Wildman–Crippen MR) is 50.6 cm³/mol. The van der Waals surface area contributed by atoms with Gasteiger partial charge in [0, 0.05) is 20.7 Å². The Balaban J connectivity index is 3.84. The van der Waals surface area contributed by atoms with Gasteiger partial charge in [-0.1, -0.05) is 0 Å². The maximum atomic E-state index is 11.0. The summed E-state index contributed by atoms with van der Waals surface area (Å²) in [6, 6.07) is 0. The Bertz CT molecular complexity index is 277. The molecule has 7 nitrogen and oxygen atoms in total. The zero-order valence-corrected chi connectivity index (χ0v) is 9.00. The molecule has 84 valence electrons. The fraction of sp³-hybridized carbons (Fsp3) is 0.833. The van der Waals surface area contributed by atoms with Crippen LogP contribution in [0.25, 0.3) is 0 Å². The summed E-state index contributed by atoms with van der Waals surface area (Å²) in [5, 5.41) is 7.24. The van der Waals surface area contributed by atoms with Crippen LogP contribution < -0.4 is 10.5 Å². The second kappa shape index (κ2) is 5.91. The molecule has 3 N–H and O–H groups in total. The fourth-order valence-corrected chi connectivity index (χ4v) is 0.938. The van der Waals surface area contributed by atoms with Crippen molar-refractivity contribution in [3.63, 3.8) is 0 Å². The Morgan fingerprint density at radius 2 is 2.14 bits per heavy atom. The molecule has 0 aliphatic carbocycles. The van der Waals surface area contributed by atoms with E-state index in [9.17, 15) is 13.2 Å². The smallest absolute Gasteiger partial charge is 0.277 e. The largest absolute Gasteiger partial charge is 0.383 e. The van der Waals surface area contributed by atoms with Crippen LogP contribution in [-0.2, 0) is 19.7 Å². The molecule has 1 amide bonds. The van der Waals surface area contributed by atoms with E-state index >= 15 is 0 Å². The van der Waals surface area contributed by atoms with Gasteiger partial charge in [-0.3, -0.25) is 4.79 Å². The zero-order chi connectivity index (χ0) is 11.2. The van der Waals surface area contributed by atoms with Gasteiger partial charge in [0.05, 0.1) is 13.2 Å². The average Bonchev–Trinajstić information content (AvgIpc) is 2.03. The van der Waals surface area contributed by atoms with Crippen LogP contribution in [0.2, 0.25) is 0 Å². The number of likely N-dealkylation sites (N-methyl/N-ethyl adjacent to an activating group) is 1. The SMILES string of the molecule is COCCNC(=O)CN(C)S(N)(=O)=O. The van der Waals surface area contributed by atoms with Crippen molar-refractivity contribution in [1.29, 1.82) is 0 Å². The maximum Gasteiger partial charge on any atom is 0.277 e. The molecule has 0 atom stereocenters. The highest BCUT2D eigenvalue weighted by Gasteiger charge is 2.14. The van der Waals surface area contributed by atoms with Crippen LogP contribution in [0.1, 0.15) is 0 Å². The molecule has 0 aliphatic rings. The molecule has 0 saturated heterocycles. The molecule has 0 aliphatic heterocycles. The highest BCUT2D eigenvalue weighted by Crippen LogP contribution is 1.87. The van der Waals surface area contributed by atoms with E-state index in [0.29, 0.717) is 13.2 Å². The summed E-state index contributed by atoms with van der Waals surface area (Å²) in [6.45, 7) is 0.432. The third-order valence-corrected chi connectivity index (χ3v) is 2.43. The van der Waals surface area contributed by atoms with Crippen LogP contribution in [0.4, 0.5) is 0 Å². The van der Waals surface area contributed by atoms with E-state index in [1.807, 2.05) is 0 Å². The molecule has 0 aromatic heterocycles. The van der Waals surface area contributed by atoms with Gasteiger partial charge in [-0.2, -0.15) is 12.7 Å². The minimum absolute atomic E-state index is 0.289. The highest BCUT2D eigenvalue weighted by atomic mass is 32.2. The van der Waals surface area contributed by atoms with Gasteiger partial charge < -0.3 is 10.1 Å². The topological polar surface area (TPSA) is 102 Å². The van der Waals surface area contributed by atoms with Gasteiger partial charge in [-0.15, -0.1) is 0 Å². The number of hydrogen-bond donors (Lipinski definition) is 2. The number of amides is 1. The number of hydrogen-bond acceptors (Lipinski definition) is 4. The summed E-state index contributed by atoms with van der Waals surface area (Å²) in [5.41, 5.74) is 0. The van der Waals surface area contributed by atoms with Crippen LogP contribution >= 0.6 is 0 Å². The van der Waals surface area contributed by atoms with Gasteiger partial charge in [0.25, 0.3) is 10.2 Å². The van der Waals surface area contributed by atoms with Crippen molar-refractivity contribution < 1.29 is 17.9 Å². The lowest BCUT2D eigenvalue weighted by molar-refractivity contribution is -0.121. The molecule has 0 aromatic rings. The molecule has 0 saturated carbocycles. The molecule has 8 heteroatoms. The highest BCUT2D eigenvalue weighted by molar-refractivity contribution is 7.86. The first-order valence-electron chi connectivity index (χ1n) is 3.87. The maximum absolute atomic E-state index is 11.0. The molecule has 0 aromatic carbocycles. The number of nitrogens with two attached hydrogens (primary N) is 1. The summed E-state index contributed by atoms with van der Waals surface area (Å²) >= 11 is 0. The third-order valence-electron chi connectivity index (χ3n) is 1.43. The number of ether oxygens (including phenoxy) is 1. The average molecular weight is 225 g/mol. The van der Waals surface area contributed by atoms with Crippen LogP contribution in [0.15, 0.2) is 0 Å². The summed E-state index contributed by atoms with van der Waals surface area (Å²) in [7, 11) is -1.06. The molecule has 14 heavy (non-hydrogen) atoms. The van der Waals surface area contributed by atoms with Crippen LogP contribution in [0, 0.1) is 0 Å². The van der Waals surface area contributed by atoms with Crippen molar-refractivity contribution in [3.8, 4) is 0 Å². The predicted octanol–water partition coefficient (Wildman–Crippen LogP) is -2.12. The van der Waals surface area contributed by atoms with Crippen molar-refractivity contribution in [2.24, 2.45) is 5.14 Å². The summed E-state index contributed by atoms with van der Waals surface area (Å²) in [5.74, 6) is -0.418. The summed E-state index contributed by atoms with van der Waals surface area (Å²) < 4.78 is 26.8. The lowest BCUT2D eigenvalue weighted by atomic mass is 10.5. The van der Waals surface area contributed by atoms with Gasteiger partial charge in [0.2, 0.25) is 5.91 Å². The molecule has 0 fully saturated rings. The van der Waals surface area contributed by atoms with Gasteiger partial charge in [0.15, 0.2) is 0 Å². The van der Waals surface area contributed by atoms with Crippen molar-refractivity contribution in [2.45, 2.75) is 0 Å². The van der Waals surface area contributed by atoms with Crippen molar-refractivity contribution >= 4 is 16.1 Å². The normalized spacial score (nSPS) is 11.7. The minimum Gasteiger partial charge on any atom is -0.383 e. The van der Waals surface area contributed by atoms with E-state index < -0.39 is 16.1 Å². The first kappa shape index (κ1) is 13.3. The second-order valence-corrected chi connectivity index (χ2v) is 4.30. The number of nitrogens with zero attached hydrogens (tertiary/aromatic N) is 1. The number of methoxy groups -OCH3 is 1. The summed E-state index contributed by atoms with van der Waals surface area (Å²) in [6.07, 6.45) is 0. The number of nitrogens with one attached hydrogen (secondary N) is 1. The lowest BCUT2D eigenvalue weighted by Crippen LogP contribution is -2.42. The Labute approximate surface area is 83.4 Å². The molecule has 0 unspecified atom stereocenters. The van der Waals surface area contributed by atoms with E-state index in [4.69, 9.17) is 9.88 Å². The van der Waals surface area contributed by atoms with Gasteiger partial charge in [-0.25, -0.2) is 5.14 Å². The Morgan fingerprint density at radius 3 is 2.57 bits per heavy atom. The molecule has 0 spiro atoms. The standard InChI is InChI=1S/C6H15N3O4S/c1-9(14(7,11)12)5-6(10)8-3-4-13-2/h3-5H2,1-2H3,(H,8,10)(H2,7,11,12). The Morgan fingerprint density at radius 1 is 1.57 bits per heavy atom. The van der Waals surface area contributed by atoms with E-state index in [0.717, 1.165) is 4.31 Å². The summed E-state index contributed by atoms with van der Waals surface area (Å²) in [4.78, 5) is 11.0. The quantitative estimate of drug-likeness (QED) is 0.505. The second-order valence-electron chi connectivity index (χ2n) is 2.64. The molecular formula is C6H15N3O4S. The van der Waals surface area contributed by atoms with Crippen molar-refractivity contribution in [2.75, 3.05) is 33.9 Å². The van der Waals surface area contributed by atoms with Crippen LogP contribution in [0.3, 0.4) is 0 Å². The van der Waals surface area contributed by atoms with E-state index in [2.05, 4.69) is 5.32 Å². The van der Waals surface area contributed by atoms with Crippen molar-refractivity contribution in [3.05, 3.63) is 0 Å². The van der Waals surface area contributed by atoms with Gasteiger partial charge in [0.1, 0.15) is 0 Å². The third kappa shape index (κ3) is 5.86. The van der Waals surface area contributed by atoms with E-state index in [1.165, 1.54) is 14.2 Å². The number of rotatable bonds is 6. The van der Waals surface area contributed by atoms with Crippen LogP contribution in [-0.4, -0.2) is 52.5 Å². The van der Waals surface area contributed by atoms with Gasteiger partial charge >= 0.3 is 0 Å². The molecule has 0 heterocycles. The monoisotopic (exact) mass is 225 g/mol. The number of carbonyl (C=O) groups excluding carboxylic acids is 1. The lowest BCUT2D eigenvalue weighted by Gasteiger charge is -2.12. The van der Waals surface area contributed by atoms with E-state index in [1.54, 1.807) is 0 Å². The number of carbonyl (C=O) groups is 1. The molecular weight excluding hydrogens is 210 g/mol. The zero-order valence-electron chi connectivity index (χ0n) is 8.19. The minimum atomic E-state index is -3.79. The molecule has 0 radical (unpaired) electrons. The van der Waals surface area contributed by atoms with Crippen molar-refractivity contribution in [1.82, 2.24) is 9.62 Å². The first-order chi connectivity index (χ1) is 6.38. The fourth-order valence-electron chi connectivity index (χ4n) is 0.641. The van der Waals surface area contributed by atoms with Crippen LogP contribution in [0.5, 0.6) is 0 Å². The van der Waals surface area contributed by atoms with E-state index in [-0.39, 0.29) is 6.54 Å². The Kier molecular flexibility index (Phi) is 5.62. The first-order valence-corrected chi connectivity index (χ1v) is 5.38. The van der Waals surface area contributed by atoms with Gasteiger partial charge in [-0.05, 0) is 0 Å².